The van der Waals surface area contributed by atoms with Gasteiger partial charge in [-0.1, -0.05) is 6.07 Å². The molecule has 27 heavy (non-hydrogen) atoms. The molecule has 0 bridgehead atoms. The van der Waals surface area contributed by atoms with Crippen LogP contribution in [0, 0.1) is 20.8 Å². The number of carbonyl (C=O) groups excluding carboxylic acids is 1. The number of aryl methyl sites for hydroxylation is 2. The highest BCUT2D eigenvalue weighted by Crippen LogP contribution is 2.32. The highest BCUT2D eigenvalue weighted by atomic mass is 32.2. The number of rotatable bonds is 4. The minimum atomic E-state index is -3.67. The van der Waals surface area contributed by atoms with Gasteiger partial charge in [-0.3, -0.25) is 9.78 Å². The maximum atomic E-state index is 13.2. The van der Waals surface area contributed by atoms with Crippen molar-refractivity contribution in [1.29, 1.82) is 0 Å². The minimum Gasteiger partial charge on any atom is -0.379 e. The summed E-state index contributed by atoms with van der Waals surface area (Å²) in [6, 6.07) is 5.13. The van der Waals surface area contributed by atoms with Crippen LogP contribution in [0.25, 0.3) is 0 Å². The Balaban J connectivity index is 2.02. The van der Waals surface area contributed by atoms with E-state index >= 15 is 0 Å². The predicted molar refractivity (Wildman–Crippen MR) is 102 cm³/mol. The van der Waals surface area contributed by atoms with E-state index in [0.717, 1.165) is 5.56 Å². The Bertz CT molecular complexity index is 953. The second kappa shape index (κ2) is 7.75. The zero-order valence-corrected chi connectivity index (χ0v) is 16.5. The lowest BCUT2D eigenvalue weighted by Crippen LogP contribution is -2.41. The number of hydrogen-bond acceptors (Lipinski definition) is 5. The van der Waals surface area contributed by atoms with Gasteiger partial charge in [-0.2, -0.15) is 4.31 Å². The SMILES string of the molecule is Cc1cc(C)c(S(=O)(=O)N2CCOCC2)c(C)c1NC(=O)c1cccnc1. The first-order chi connectivity index (χ1) is 12.8. The third kappa shape index (κ3) is 3.87. The van der Waals surface area contributed by atoms with Crippen molar-refractivity contribution in [2.75, 3.05) is 31.6 Å². The molecule has 1 amide bonds. The Hall–Kier alpha value is -2.29. The summed E-state index contributed by atoms with van der Waals surface area (Å²) in [6.45, 7) is 6.77. The van der Waals surface area contributed by atoms with Crippen molar-refractivity contribution in [3.05, 3.63) is 52.8 Å². The van der Waals surface area contributed by atoms with Gasteiger partial charge < -0.3 is 10.1 Å². The lowest BCUT2D eigenvalue weighted by molar-refractivity contribution is 0.0730. The lowest BCUT2D eigenvalue weighted by atomic mass is 10.0. The minimum absolute atomic E-state index is 0.247. The van der Waals surface area contributed by atoms with Gasteiger partial charge >= 0.3 is 0 Å². The Morgan fingerprint density at radius 2 is 1.89 bits per heavy atom. The molecule has 1 fully saturated rings. The second-order valence-electron chi connectivity index (χ2n) is 6.55. The molecular weight excluding hydrogens is 366 g/mol. The number of sulfonamides is 1. The highest BCUT2D eigenvalue weighted by molar-refractivity contribution is 7.89. The molecule has 1 saturated heterocycles. The van der Waals surface area contributed by atoms with Gasteiger partial charge in [0.05, 0.1) is 23.7 Å². The largest absolute Gasteiger partial charge is 0.379 e. The third-order valence-electron chi connectivity index (χ3n) is 4.63. The van der Waals surface area contributed by atoms with Crippen LogP contribution in [0.5, 0.6) is 0 Å². The average molecular weight is 389 g/mol. The quantitative estimate of drug-likeness (QED) is 0.867. The van der Waals surface area contributed by atoms with E-state index < -0.39 is 10.0 Å². The standard InChI is InChI=1S/C19H23N3O4S/c1-13-11-14(2)18(27(24,25)22-7-9-26-10-8-22)15(3)17(13)21-19(23)16-5-4-6-20-12-16/h4-6,11-12H,7-10H2,1-3H3,(H,21,23). The van der Waals surface area contributed by atoms with Gasteiger partial charge in [-0.05, 0) is 49.6 Å². The predicted octanol–water partition coefficient (Wildman–Crippen LogP) is 2.28. The van der Waals surface area contributed by atoms with Gasteiger partial charge in [-0.15, -0.1) is 0 Å². The smallest absolute Gasteiger partial charge is 0.257 e. The molecule has 2 heterocycles. The number of nitrogens with one attached hydrogen (secondary N) is 1. The van der Waals surface area contributed by atoms with E-state index in [4.69, 9.17) is 4.74 Å². The Labute approximate surface area is 159 Å². The number of morpholine rings is 1. The molecular formula is C19H23N3O4S. The van der Waals surface area contributed by atoms with Gasteiger partial charge in [0.25, 0.3) is 5.91 Å². The average Bonchev–Trinajstić information content (AvgIpc) is 2.66. The fraction of sp³-hybridized carbons (Fsp3) is 0.368. The van der Waals surface area contributed by atoms with Crippen LogP contribution in [0.4, 0.5) is 5.69 Å². The van der Waals surface area contributed by atoms with Crippen molar-refractivity contribution in [2.24, 2.45) is 0 Å². The summed E-state index contributed by atoms with van der Waals surface area (Å²) in [5.74, 6) is -0.326. The van der Waals surface area contributed by atoms with Gasteiger partial charge in [0, 0.05) is 31.2 Å². The molecule has 0 atom stereocenters. The van der Waals surface area contributed by atoms with Crippen molar-refractivity contribution in [3.63, 3.8) is 0 Å². The molecule has 1 aliphatic rings. The second-order valence-corrected chi connectivity index (χ2v) is 8.43. The van der Waals surface area contributed by atoms with Crippen molar-refractivity contribution < 1.29 is 17.9 Å². The first kappa shape index (κ1) is 19.5. The third-order valence-corrected chi connectivity index (χ3v) is 6.82. The number of aromatic nitrogens is 1. The number of anilines is 1. The molecule has 8 heteroatoms. The first-order valence-corrected chi connectivity index (χ1v) is 10.2. The molecule has 1 aromatic heterocycles. The summed E-state index contributed by atoms with van der Waals surface area (Å²) in [6.07, 6.45) is 3.06. The Morgan fingerprint density at radius 1 is 1.19 bits per heavy atom. The van der Waals surface area contributed by atoms with Crippen molar-refractivity contribution in [1.82, 2.24) is 9.29 Å². The van der Waals surface area contributed by atoms with Crippen LogP contribution >= 0.6 is 0 Å². The summed E-state index contributed by atoms with van der Waals surface area (Å²) in [5.41, 5.74) is 2.94. The highest BCUT2D eigenvalue weighted by Gasteiger charge is 2.30. The molecule has 7 nitrogen and oxygen atoms in total. The first-order valence-electron chi connectivity index (χ1n) is 8.72. The molecule has 2 aromatic rings. The van der Waals surface area contributed by atoms with Crippen molar-refractivity contribution >= 4 is 21.6 Å². The number of benzene rings is 1. The summed E-state index contributed by atoms with van der Waals surface area (Å²) in [5, 5.41) is 2.85. The van der Waals surface area contributed by atoms with Gasteiger partial charge in [0.1, 0.15) is 0 Å². The maximum Gasteiger partial charge on any atom is 0.257 e. The summed E-state index contributed by atoms with van der Waals surface area (Å²) in [7, 11) is -3.67. The van der Waals surface area contributed by atoms with Crippen molar-refractivity contribution in [3.8, 4) is 0 Å². The van der Waals surface area contributed by atoms with E-state index in [1.165, 1.54) is 10.5 Å². The van der Waals surface area contributed by atoms with E-state index in [-0.39, 0.29) is 10.8 Å². The van der Waals surface area contributed by atoms with E-state index in [1.807, 2.05) is 6.92 Å². The normalized spacial score (nSPS) is 15.5. The lowest BCUT2D eigenvalue weighted by Gasteiger charge is -2.28. The molecule has 0 unspecified atom stereocenters. The number of hydrogen-bond donors (Lipinski definition) is 1. The van der Waals surface area contributed by atoms with E-state index in [1.54, 1.807) is 38.2 Å². The van der Waals surface area contributed by atoms with Gasteiger partial charge in [0.15, 0.2) is 0 Å². The molecule has 144 valence electrons. The van der Waals surface area contributed by atoms with Crippen LogP contribution < -0.4 is 5.32 Å². The summed E-state index contributed by atoms with van der Waals surface area (Å²) < 4.78 is 33.1. The fourth-order valence-corrected chi connectivity index (χ4v) is 5.20. The summed E-state index contributed by atoms with van der Waals surface area (Å²) >= 11 is 0. The zero-order chi connectivity index (χ0) is 19.6. The van der Waals surface area contributed by atoms with Crippen LogP contribution in [0.1, 0.15) is 27.0 Å². The van der Waals surface area contributed by atoms with Crippen LogP contribution in [0.2, 0.25) is 0 Å². The molecule has 1 N–H and O–H groups in total. The number of nitrogens with zero attached hydrogens (tertiary/aromatic N) is 2. The molecule has 1 aromatic carbocycles. The Kier molecular flexibility index (Phi) is 5.59. The monoisotopic (exact) mass is 389 g/mol. The number of pyridine rings is 1. The molecule has 1 aliphatic heterocycles. The van der Waals surface area contributed by atoms with Crippen LogP contribution in [-0.2, 0) is 14.8 Å². The maximum absolute atomic E-state index is 13.2. The molecule has 0 saturated carbocycles. The molecule has 0 spiro atoms. The fourth-order valence-electron chi connectivity index (χ4n) is 3.36. The number of ether oxygens (including phenoxy) is 1. The summed E-state index contributed by atoms with van der Waals surface area (Å²) in [4.78, 5) is 16.7. The Morgan fingerprint density at radius 3 is 2.52 bits per heavy atom. The van der Waals surface area contributed by atoms with Crippen LogP contribution in [-0.4, -0.2) is 49.9 Å². The van der Waals surface area contributed by atoms with Crippen LogP contribution in [0.15, 0.2) is 35.5 Å². The number of amides is 1. The number of carbonyl (C=O) groups is 1. The topological polar surface area (TPSA) is 88.6 Å². The van der Waals surface area contributed by atoms with Gasteiger partial charge in [-0.25, -0.2) is 8.42 Å². The van der Waals surface area contributed by atoms with E-state index in [9.17, 15) is 13.2 Å². The zero-order valence-electron chi connectivity index (χ0n) is 15.7. The van der Waals surface area contributed by atoms with Crippen LogP contribution in [0.3, 0.4) is 0 Å². The van der Waals surface area contributed by atoms with Gasteiger partial charge in [0.2, 0.25) is 10.0 Å². The van der Waals surface area contributed by atoms with Crippen molar-refractivity contribution in [2.45, 2.75) is 25.7 Å². The molecule has 3 rings (SSSR count). The van der Waals surface area contributed by atoms with E-state index in [0.29, 0.717) is 48.7 Å². The molecule has 0 radical (unpaired) electrons. The molecule has 0 aliphatic carbocycles. The van der Waals surface area contributed by atoms with E-state index in [2.05, 4.69) is 10.3 Å².